The molecule has 1 heterocycles. The Hall–Kier alpha value is -2.66. The average molecular weight is 372 g/mol. The van der Waals surface area contributed by atoms with E-state index in [4.69, 9.17) is 11.6 Å². The predicted molar refractivity (Wildman–Crippen MR) is 101 cm³/mol. The lowest BCUT2D eigenvalue weighted by atomic mass is 10.1. The number of benzene rings is 2. The van der Waals surface area contributed by atoms with Crippen LogP contribution in [-0.2, 0) is 0 Å². The van der Waals surface area contributed by atoms with E-state index < -0.39 is 0 Å². The van der Waals surface area contributed by atoms with Crippen LogP contribution in [0.3, 0.4) is 0 Å². The SMILES string of the molecule is CC[C@@H](C)NC(=O)c1cc(-c2ccccc2F)nn1-c1ccc(Cl)cc1. The minimum absolute atomic E-state index is 0.0213. The molecule has 0 fully saturated rings. The fraction of sp³-hybridized carbons (Fsp3) is 0.200. The van der Waals surface area contributed by atoms with E-state index in [-0.39, 0.29) is 17.8 Å². The number of amides is 1. The normalized spacial score (nSPS) is 12.0. The van der Waals surface area contributed by atoms with Crippen molar-refractivity contribution in [1.82, 2.24) is 15.1 Å². The first kappa shape index (κ1) is 18.1. The van der Waals surface area contributed by atoms with Crippen molar-refractivity contribution < 1.29 is 9.18 Å². The number of carbonyl (C=O) groups is 1. The Morgan fingerprint density at radius 2 is 1.92 bits per heavy atom. The summed E-state index contributed by atoms with van der Waals surface area (Å²) >= 11 is 5.95. The van der Waals surface area contributed by atoms with Crippen molar-refractivity contribution in [2.75, 3.05) is 0 Å². The second-order valence-electron chi connectivity index (χ2n) is 6.07. The Morgan fingerprint density at radius 1 is 1.23 bits per heavy atom. The molecule has 1 amide bonds. The van der Waals surface area contributed by atoms with E-state index in [1.165, 1.54) is 10.7 Å². The van der Waals surface area contributed by atoms with Crippen molar-refractivity contribution in [2.45, 2.75) is 26.3 Å². The Morgan fingerprint density at radius 3 is 2.58 bits per heavy atom. The summed E-state index contributed by atoms with van der Waals surface area (Å²) in [6.07, 6.45) is 0.807. The van der Waals surface area contributed by atoms with Crippen LogP contribution in [0.2, 0.25) is 5.02 Å². The first-order chi connectivity index (χ1) is 12.5. The number of aromatic nitrogens is 2. The van der Waals surface area contributed by atoms with Crippen molar-refractivity contribution in [2.24, 2.45) is 0 Å². The number of hydrogen-bond acceptors (Lipinski definition) is 2. The molecule has 134 valence electrons. The zero-order chi connectivity index (χ0) is 18.7. The van der Waals surface area contributed by atoms with Gasteiger partial charge in [-0.15, -0.1) is 0 Å². The van der Waals surface area contributed by atoms with E-state index in [9.17, 15) is 9.18 Å². The number of carbonyl (C=O) groups excluding carboxylic acids is 1. The van der Waals surface area contributed by atoms with Gasteiger partial charge in [0.25, 0.3) is 5.91 Å². The van der Waals surface area contributed by atoms with Crippen LogP contribution in [0, 0.1) is 5.82 Å². The molecule has 3 aromatic rings. The minimum Gasteiger partial charge on any atom is -0.348 e. The Kier molecular flexibility index (Phi) is 5.38. The summed E-state index contributed by atoms with van der Waals surface area (Å²) in [5.74, 6) is -0.647. The number of rotatable bonds is 5. The molecule has 0 unspecified atom stereocenters. The van der Waals surface area contributed by atoms with E-state index in [1.54, 1.807) is 48.5 Å². The number of halogens is 2. The van der Waals surface area contributed by atoms with Crippen LogP contribution in [-0.4, -0.2) is 21.7 Å². The summed E-state index contributed by atoms with van der Waals surface area (Å²) in [6.45, 7) is 3.92. The molecule has 0 aliphatic heterocycles. The van der Waals surface area contributed by atoms with Gasteiger partial charge in [0, 0.05) is 16.6 Å². The van der Waals surface area contributed by atoms with E-state index >= 15 is 0 Å². The number of hydrogen-bond donors (Lipinski definition) is 1. The van der Waals surface area contributed by atoms with Gasteiger partial charge < -0.3 is 5.32 Å². The van der Waals surface area contributed by atoms with Gasteiger partial charge in [-0.1, -0.05) is 30.7 Å². The molecule has 0 radical (unpaired) electrons. The zero-order valence-electron chi connectivity index (χ0n) is 14.5. The number of nitrogens with one attached hydrogen (secondary N) is 1. The van der Waals surface area contributed by atoms with Gasteiger partial charge in [-0.05, 0) is 55.8 Å². The van der Waals surface area contributed by atoms with Gasteiger partial charge in [0.1, 0.15) is 11.5 Å². The minimum atomic E-state index is -0.387. The molecule has 0 aliphatic rings. The van der Waals surface area contributed by atoms with Gasteiger partial charge >= 0.3 is 0 Å². The third-order valence-electron chi connectivity index (χ3n) is 4.15. The molecule has 0 aliphatic carbocycles. The van der Waals surface area contributed by atoms with E-state index in [0.29, 0.717) is 27.7 Å². The lowest BCUT2D eigenvalue weighted by molar-refractivity contribution is 0.0931. The average Bonchev–Trinajstić information content (AvgIpc) is 3.08. The van der Waals surface area contributed by atoms with Crippen LogP contribution in [0.1, 0.15) is 30.8 Å². The molecule has 26 heavy (non-hydrogen) atoms. The molecule has 0 bridgehead atoms. The van der Waals surface area contributed by atoms with Crippen LogP contribution >= 0.6 is 11.6 Å². The van der Waals surface area contributed by atoms with E-state index in [1.807, 2.05) is 13.8 Å². The quantitative estimate of drug-likeness (QED) is 0.696. The van der Waals surface area contributed by atoms with Gasteiger partial charge in [0.15, 0.2) is 0 Å². The molecule has 0 saturated carbocycles. The van der Waals surface area contributed by atoms with Gasteiger partial charge in [-0.3, -0.25) is 4.79 Å². The highest BCUT2D eigenvalue weighted by Crippen LogP contribution is 2.25. The highest BCUT2D eigenvalue weighted by atomic mass is 35.5. The van der Waals surface area contributed by atoms with Gasteiger partial charge in [-0.2, -0.15) is 5.10 Å². The summed E-state index contributed by atoms with van der Waals surface area (Å²) in [5.41, 5.74) is 1.75. The van der Waals surface area contributed by atoms with Gasteiger partial charge in [0.05, 0.1) is 11.4 Å². The summed E-state index contributed by atoms with van der Waals surface area (Å²) in [5, 5.41) is 7.98. The fourth-order valence-corrected chi connectivity index (χ4v) is 2.65. The van der Waals surface area contributed by atoms with Crippen LogP contribution in [0.15, 0.2) is 54.6 Å². The molecule has 6 heteroatoms. The topological polar surface area (TPSA) is 46.9 Å². The molecule has 1 N–H and O–H groups in total. The lowest BCUT2D eigenvalue weighted by Crippen LogP contribution is -2.33. The predicted octanol–water partition coefficient (Wildman–Crippen LogP) is 4.86. The van der Waals surface area contributed by atoms with E-state index in [0.717, 1.165) is 6.42 Å². The molecule has 4 nitrogen and oxygen atoms in total. The first-order valence-corrected chi connectivity index (χ1v) is 8.79. The van der Waals surface area contributed by atoms with Gasteiger partial charge in [0.2, 0.25) is 0 Å². The van der Waals surface area contributed by atoms with Crippen molar-refractivity contribution in [3.63, 3.8) is 0 Å². The largest absolute Gasteiger partial charge is 0.348 e. The van der Waals surface area contributed by atoms with Gasteiger partial charge in [-0.25, -0.2) is 9.07 Å². The third kappa shape index (κ3) is 3.78. The van der Waals surface area contributed by atoms with Crippen molar-refractivity contribution in [3.8, 4) is 16.9 Å². The summed E-state index contributed by atoms with van der Waals surface area (Å²) in [6, 6.07) is 15.0. The maximum absolute atomic E-state index is 14.2. The number of nitrogens with zero attached hydrogens (tertiary/aromatic N) is 2. The van der Waals surface area contributed by atoms with Crippen molar-refractivity contribution in [1.29, 1.82) is 0 Å². The molecule has 1 atom stereocenters. The van der Waals surface area contributed by atoms with Crippen LogP contribution in [0.5, 0.6) is 0 Å². The summed E-state index contributed by atoms with van der Waals surface area (Å²) < 4.78 is 15.7. The monoisotopic (exact) mass is 371 g/mol. The van der Waals surface area contributed by atoms with Crippen LogP contribution in [0.4, 0.5) is 4.39 Å². The first-order valence-electron chi connectivity index (χ1n) is 8.41. The summed E-state index contributed by atoms with van der Waals surface area (Å²) in [4.78, 5) is 12.7. The summed E-state index contributed by atoms with van der Waals surface area (Å²) in [7, 11) is 0. The maximum atomic E-state index is 14.2. The van der Waals surface area contributed by atoms with Crippen LogP contribution in [0.25, 0.3) is 16.9 Å². The second kappa shape index (κ2) is 7.70. The highest BCUT2D eigenvalue weighted by Gasteiger charge is 2.20. The smallest absolute Gasteiger partial charge is 0.270 e. The van der Waals surface area contributed by atoms with Crippen LogP contribution < -0.4 is 5.32 Å². The molecular weight excluding hydrogens is 353 g/mol. The maximum Gasteiger partial charge on any atom is 0.270 e. The molecule has 0 spiro atoms. The molecule has 3 rings (SSSR count). The fourth-order valence-electron chi connectivity index (χ4n) is 2.52. The Balaban J connectivity index is 2.10. The highest BCUT2D eigenvalue weighted by molar-refractivity contribution is 6.30. The molecular formula is C20H19ClFN3O. The standard InChI is InChI=1S/C20H19ClFN3O/c1-3-13(2)23-20(26)19-12-18(16-6-4-5-7-17(16)22)24-25(19)15-10-8-14(21)9-11-15/h4-13H,3H2,1-2H3,(H,23,26)/t13-/m1/s1. The second-order valence-corrected chi connectivity index (χ2v) is 6.50. The van der Waals surface area contributed by atoms with Crippen molar-refractivity contribution >= 4 is 17.5 Å². The zero-order valence-corrected chi connectivity index (χ0v) is 15.3. The van der Waals surface area contributed by atoms with Crippen molar-refractivity contribution in [3.05, 3.63) is 71.1 Å². The molecule has 1 aromatic heterocycles. The lowest BCUT2D eigenvalue weighted by Gasteiger charge is -2.12. The molecule has 0 saturated heterocycles. The Labute approximate surface area is 156 Å². The third-order valence-corrected chi connectivity index (χ3v) is 4.40. The van der Waals surface area contributed by atoms with E-state index in [2.05, 4.69) is 10.4 Å². The molecule has 2 aromatic carbocycles. The Bertz CT molecular complexity index is 921.